The highest BCUT2D eigenvalue weighted by Crippen LogP contribution is 2.31. The lowest BCUT2D eigenvalue weighted by atomic mass is 10.2. The number of methoxy groups -OCH3 is 2. The van der Waals surface area contributed by atoms with Gasteiger partial charge in [0, 0.05) is 5.56 Å². The normalized spacial score (nSPS) is 10.6. The van der Waals surface area contributed by atoms with E-state index < -0.39 is 11.8 Å². The number of benzene rings is 3. The SMILES string of the molecule is COc1ccccc1NC(=O)C(=O)N/N=C\c1cccc(OC)c1OCc1ccc(Cl)c(Cl)c1. The molecule has 0 bridgehead atoms. The van der Waals surface area contributed by atoms with Gasteiger partial charge in [0.2, 0.25) is 0 Å². The third kappa shape index (κ3) is 6.40. The topological polar surface area (TPSA) is 98.2 Å². The van der Waals surface area contributed by atoms with Gasteiger partial charge in [0.05, 0.1) is 36.2 Å². The van der Waals surface area contributed by atoms with Gasteiger partial charge in [-0.2, -0.15) is 5.10 Å². The summed E-state index contributed by atoms with van der Waals surface area (Å²) in [5.41, 5.74) is 3.87. The first kappa shape index (κ1) is 24.9. The number of hydrogen-bond acceptors (Lipinski definition) is 6. The molecule has 2 amide bonds. The molecule has 0 aromatic heterocycles. The molecule has 2 N–H and O–H groups in total. The van der Waals surface area contributed by atoms with Crippen LogP contribution in [0.15, 0.2) is 65.8 Å². The predicted molar refractivity (Wildman–Crippen MR) is 131 cm³/mol. The van der Waals surface area contributed by atoms with Crippen molar-refractivity contribution in [2.45, 2.75) is 6.61 Å². The molecule has 0 aliphatic carbocycles. The summed E-state index contributed by atoms with van der Waals surface area (Å²) in [5, 5.41) is 7.21. The van der Waals surface area contributed by atoms with E-state index in [2.05, 4.69) is 15.8 Å². The summed E-state index contributed by atoms with van der Waals surface area (Å²) in [4.78, 5) is 24.3. The molecule has 0 spiro atoms. The van der Waals surface area contributed by atoms with Crippen LogP contribution in [0.1, 0.15) is 11.1 Å². The van der Waals surface area contributed by atoms with Crippen molar-refractivity contribution in [2.75, 3.05) is 19.5 Å². The molecule has 0 saturated carbocycles. The standard InChI is InChI=1S/C24H21Cl2N3O5/c1-32-20-8-4-3-7-19(20)28-23(30)24(31)29-27-13-16-6-5-9-21(33-2)22(16)34-14-15-10-11-17(25)18(26)12-15/h3-13H,14H2,1-2H3,(H,28,30)(H,29,31)/b27-13-. The van der Waals surface area contributed by atoms with Gasteiger partial charge in [-0.3, -0.25) is 9.59 Å². The van der Waals surface area contributed by atoms with Gasteiger partial charge in [-0.05, 0) is 42.0 Å². The summed E-state index contributed by atoms with van der Waals surface area (Å²) in [7, 11) is 2.97. The van der Waals surface area contributed by atoms with Crippen LogP contribution in [-0.2, 0) is 16.2 Å². The Morgan fingerprint density at radius 1 is 0.912 bits per heavy atom. The second-order valence-corrected chi connectivity index (χ2v) is 7.58. The highest BCUT2D eigenvalue weighted by molar-refractivity contribution is 6.42. The van der Waals surface area contributed by atoms with Crippen LogP contribution < -0.4 is 25.0 Å². The summed E-state index contributed by atoms with van der Waals surface area (Å²) >= 11 is 12.0. The van der Waals surface area contributed by atoms with Crippen LogP contribution in [0.4, 0.5) is 5.69 Å². The Morgan fingerprint density at radius 2 is 1.65 bits per heavy atom. The van der Waals surface area contributed by atoms with Crippen LogP contribution in [0.25, 0.3) is 0 Å². The molecule has 34 heavy (non-hydrogen) atoms. The molecule has 0 aliphatic heterocycles. The number of hydrogen-bond donors (Lipinski definition) is 2. The van der Waals surface area contributed by atoms with Crippen molar-refractivity contribution in [1.82, 2.24) is 5.43 Å². The van der Waals surface area contributed by atoms with Gasteiger partial charge in [-0.25, -0.2) is 5.43 Å². The van der Waals surface area contributed by atoms with E-state index >= 15 is 0 Å². The van der Waals surface area contributed by atoms with E-state index in [1.807, 2.05) is 0 Å². The van der Waals surface area contributed by atoms with E-state index in [0.29, 0.717) is 38.5 Å². The van der Waals surface area contributed by atoms with E-state index in [0.717, 1.165) is 5.56 Å². The summed E-state index contributed by atoms with van der Waals surface area (Å²) in [5.74, 6) is -0.573. The molecule has 10 heteroatoms. The summed E-state index contributed by atoms with van der Waals surface area (Å²) < 4.78 is 16.5. The average Bonchev–Trinajstić information content (AvgIpc) is 2.85. The highest BCUT2D eigenvalue weighted by atomic mass is 35.5. The maximum atomic E-state index is 12.2. The zero-order chi connectivity index (χ0) is 24.5. The van der Waals surface area contributed by atoms with E-state index in [1.165, 1.54) is 20.4 Å². The monoisotopic (exact) mass is 501 g/mol. The number of nitrogens with zero attached hydrogens (tertiary/aromatic N) is 1. The number of rotatable bonds is 8. The molecule has 3 aromatic carbocycles. The Labute approximate surface area is 206 Å². The predicted octanol–water partition coefficient (Wildman–Crippen LogP) is 4.68. The molecule has 3 aromatic rings. The molecule has 0 aliphatic rings. The highest BCUT2D eigenvalue weighted by Gasteiger charge is 2.15. The fraction of sp³-hybridized carbons (Fsp3) is 0.125. The third-order valence-electron chi connectivity index (χ3n) is 4.53. The van der Waals surface area contributed by atoms with Crippen LogP contribution in [0, 0.1) is 0 Å². The van der Waals surface area contributed by atoms with E-state index in [1.54, 1.807) is 60.7 Å². The van der Waals surface area contributed by atoms with Crippen molar-refractivity contribution in [3.05, 3.63) is 81.8 Å². The fourth-order valence-electron chi connectivity index (χ4n) is 2.87. The van der Waals surface area contributed by atoms with E-state index in [4.69, 9.17) is 37.4 Å². The van der Waals surface area contributed by atoms with Crippen LogP contribution in [0.2, 0.25) is 10.0 Å². The van der Waals surface area contributed by atoms with E-state index in [-0.39, 0.29) is 6.61 Å². The number of carbonyl (C=O) groups excluding carboxylic acids is 2. The summed E-state index contributed by atoms with van der Waals surface area (Å²) in [6, 6.07) is 17.1. The molecule has 0 radical (unpaired) electrons. The Balaban J connectivity index is 1.68. The molecule has 176 valence electrons. The quantitative estimate of drug-likeness (QED) is 0.265. The first-order valence-corrected chi connectivity index (χ1v) is 10.7. The molecule has 0 heterocycles. The Hall–Kier alpha value is -3.75. The van der Waals surface area contributed by atoms with Gasteiger partial charge >= 0.3 is 11.8 Å². The van der Waals surface area contributed by atoms with Gasteiger partial charge in [0.1, 0.15) is 12.4 Å². The Bertz CT molecular complexity index is 1220. The van der Waals surface area contributed by atoms with Crippen molar-refractivity contribution in [1.29, 1.82) is 0 Å². The minimum atomic E-state index is -0.955. The zero-order valence-corrected chi connectivity index (χ0v) is 19.8. The minimum Gasteiger partial charge on any atom is -0.495 e. The summed E-state index contributed by atoms with van der Waals surface area (Å²) in [6.45, 7) is 0.186. The Morgan fingerprint density at radius 3 is 2.38 bits per heavy atom. The number of hydrazone groups is 1. The number of anilines is 1. The molecule has 0 fully saturated rings. The number of para-hydroxylation sites is 3. The number of carbonyl (C=O) groups is 2. The van der Waals surface area contributed by atoms with Crippen LogP contribution in [0.3, 0.4) is 0 Å². The first-order chi connectivity index (χ1) is 16.4. The van der Waals surface area contributed by atoms with Crippen molar-refractivity contribution in [3.8, 4) is 17.2 Å². The maximum absolute atomic E-state index is 12.2. The molecule has 0 unspecified atom stereocenters. The van der Waals surface area contributed by atoms with Gasteiger partial charge in [0.25, 0.3) is 0 Å². The zero-order valence-electron chi connectivity index (χ0n) is 18.3. The lowest BCUT2D eigenvalue weighted by Crippen LogP contribution is -2.32. The minimum absolute atomic E-state index is 0.186. The summed E-state index contributed by atoms with van der Waals surface area (Å²) in [6.07, 6.45) is 1.35. The van der Waals surface area contributed by atoms with Crippen molar-refractivity contribution in [2.24, 2.45) is 5.10 Å². The number of ether oxygens (including phenoxy) is 3. The number of halogens is 2. The lowest BCUT2D eigenvalue weighted by Gasteiger charge is -2.13. The second kappa shape index (κ2) is 11.9. The molecular weight excluding hydrogens is 481 g/mol. The van der Waals surface area contributed by atoms with Gasteiger partial charge in [0.15, 0.2) is 11.5 Å². The van der Waals surface area contributed by atoms with Gasteiger partial charge in [-0.1, -0.05) is 47.5 Å². The molecule has 0 atom stereocenters. The van der Waals surface area contributed by atoms with Crippen molar-refractivity contribution < 1.29 is 23.8 Å². The third-order valence-corrected chi connectivity index (χ3v) is 5.27. The van der Waals surface area contributed by atoms with Crippen molar-refractivity contribution in [3.63, 3.8) is 0 Å². The smallest absolute Gasteiger partial charge is 0.329 e. The molecule has 0 saturated heterocycles. The number of amides is 2. The molecule has 3 rings (SSSR count). The number of nitrogens with one attached hydrogen (secondary N) is 2. The van der Waals surface area contributed by atoms with Crippen molar-refractivity contribution >= 4 is 46.9 Å². The van der Waals surface area contributed by atoms with Gasteiger partial charge in [-0.15, -0.1) is 0 Å². The van der Waals surface area contributed by atoms with Crippen LogP contribution in [0.5, 0.6) is 17.2 Å². The van der Waals surface area contributed by atoms with Crippen LogP contribution in [-0.4, -0.2) is 32.2 Å². The average molecular weight is 502 g/mol. The van der Waals surface area contributed by atoms with E-state index in [9.17, 15) is 9.59 Å². The Kier molecular flexibility index (Phi) is 8.73. The fourth-order valence-corrected chi connectivity index (χ4v) is 3.19. The maximum Gasteiger partial charge on any atom is 0.329 e. The molecular formula is C24H21Cl2N3O5. The van der Waals surface area contributed by atoms with Gasteiger partial charge < -0.3 is 19.5 Å². The first-order valence-electron chi connectivity index (χ1n) is 9.94. The van der Waals surface area contributed by atoms with Crippen LogP contribution >= 0.6 is 23.2 Å². The second-order valence-electron chi connectivity index (χ2n) is 6.77. The molecule has 8 nitrogen and oxygen atoms in total. The largest absolute Gasteiger partial charge is 0.495 e. The lowest BCUT2D eigenvalue weighted by molar-refractivity contribution is -0.136.